The Morgan fingerprint density at radius 2 is 2.17 bits per heavy atom. The number of aromatic nitrogens is 1. The van der Waals surface area contributed by atoms with Crippen molar-refractivity contribution in [3.63, 3.8) is 0 Å². The molecule has 1 saturated heterocycles. The van der Waals surface area contributed by atoms with Gasteiger partial charge in [0, 0.05) is 31.6 Å². The van der Waals surface area contributed by atoms with Crippen molar-refractivity contribution in [3.05, 3.63) is 16.1 Å². The van der Waals surface area contributed by atoms with Crippen LogP contribution in [0.2, 0.25) is 0 Å². The van der Waals surface area contributed by atoms with Crippen molar-refractivity contribution >= 4 is 35.2 Å². The molecule has 1 aromatic rings. The predicted octanol–water partition coefficient (Wildman–Crippen LogP) is -0.607. The van der Waals surface area contributed by atoms with Gasteiger partial charge in [-0.25, -0.2) is 9.78 Å². The van der Waals surface area contributed by atoms with Gasteiger partial charge < -0.3 is 32.5 Å². The minimum atomic E-state index is -1.08. The first kappa shape index (κ1) is 23.3. The van der Waals surface area contributed by atoms with Crippen LogP contribution in [0, 0.1) is 5.41 Å². The molecule has 3 amide bonds. The lowest BCUT2D eigenvalue weighted by Gasteiger charge is -2.19. The Hall–Kier alpha value is -2.93. The van der Waals surface area contributed by atoms with Crippen LogP contribution in [0.25, 0.3) is 0 Å². The van der Waals surface area contributed by atoms with Crippen molar-refractivity contribution in [2.24, 2.45) is 11.5 Å². The maximum atomic E-state index is 12.6. The third kappa shape index (κ3) is 6.29. The van der Waals surface area contributed by atoms with E-state index in [1.54, 1.807) is 5.38 Å². The van der Waals surface area contributed by atoms with E-state index in [-0.39, 0.29) is 30.1 Å². The van der Waals surface area contributed by atoms with Crippen LogP contribution in [0.3, 0.4) is 0 Å². The normalized spacial score (nSPS) is 19.2. The quantitative estimate of drug-likeness (QED) is 0.150. The zero-order valence-electron chi connectivity index (χ0n) is 16.7. The van der Waals surface area contributed by atoms with Gasteiger partial charge in [0.1, 0.15) is 16.7 Å². The molecule has 0 aliphatic carbocycles. The zero-order chi connectivity index (χ0) is 22.3. The second-order valence-corrected chi connectivity index (χ2v) is 7.88. The molecule has 13 heteroatoms. The molecule has 0 bridgehead atoms. The third-order valence-electron chi connectivity index (χ3n) is 4.72. The molecule has 1 fully saturated rings. The summed E-state index contributed by atoms with van der Waals surface area (Å²) in [5.41, 5.74) is 11.2. The number of thiazole rings is 1. The van der Waals surface area contributed by atoms with Gasteiger partial charge in [0.05, 0.1) is 6.04 Å². The van der Waals surface area contributed by atoms with E-state index in [1.807, 2.05) is 0 Å². The van der Waals surface area contributed by atoms with Crippen LogP contribution < -0.4 is 27.4 Å². The smallest absolute Gasteiger partial charge is 0.407 e. The lowest BCUT2D eigenvalue weighted by atomic mass is 10.1. The topological polar surface area (TPSA) is 200 Å². The molecule has 30 heavy (non-hydrogen) atoms. The number of nitrogens with one attached hydrogen (secondary N) is 4. The fourth-order valence-corrected chi connectivity index (χ4v) is 4.15. The highest BCUT2D eigenvalue weighted by Crippen LogP contribution is 2.33. The molecular weight excluding hydrogens is 412 g/mol. The number of carbonyl (C=O) groups is 3. The number of amides is 3. The number of nitrogens with two attached hydrogens (primary N) is 2. The van der Waals surface area contributed by atoms with Crippen molar-refractivity contribution in [2.75, 3.05) is 20.1 Å². The Morgan fingerprint density at radius 3 is 2.80 bits per heavy atom. The van der Waals surface area contributed by atoms with E-state index in [4.69, 9.17) is 16.9 Å². The monoisotopic (exact) mass is 440 g/mol. The molecule has 2 heterocycles. The van der Waals surface area contributed by atoms with Gasteiger partial charge in [-0.15, -0.1) is 11.3 Å². The van der Waals surface area contributed by atoms with Crippen LogP contribution in [0.5, 0.6) is 0 Å². The summed E-state index contributed by atoms with van der Waals surface area (Å²) in [6, 6.07) is -1.49. The maximum absolute atomic E-state index is 12.6. The highest BCUT2D eigenvalue weighted by molar-refractivity contribution is 7.09. The Labute approximate surface area is 177 Å². The van der Waals surface area contributed by atoms with Crippen molar-refractivity contribution < 1.29 is 19.5 Å². The van der Waals surface area contributed by atoms with Crippen LogP contribution in [0.4, 0.5) is 4.79 Å². The number of guanidine groups is 1. The highest BCUT2D eigenvalue weighted by Gasteiger charge is 2.36. The largest absolute Gasteiger partial charge is 0.465 e. The molecule has 166 valence electrons. The van der Waals surface area contributed by atoms with Crippen LogP contribution in [-0.2, 0) is 4.79 Å². The van der Waals surface area contributed by atoms with Gasteiger partial charge in [-0.05, 0) is 25.7 Å². The minimum absolute atomic E-state index is 0.116. The lowest BCUT2D eigenvalue weighted by Crippen LogP contribution is -2.45. The van der Waals surface area contributed by atoms with Gasteiger partial charge in [0.15, 0.2) is 5.96 Å². The van der Waals surface area contributed by atoms with Gasteiger partial charge in [-0.1, -0.05) is 0 Å². The molecule has 1 unspecified atom stereocenters. The van der Waals surface area contributed by atoms with Crippen molar-refractivity contribution in [1.82, 2.24) is 25.8 Å². The molecule has 9 N–H and O–H groups in total. The van der Waals surface area contributed by atoms with E-state index in [0.29, 0.717) is 37.2 Å². The van der Waals surface area contributed by atoms with Crippen LogP contribution in [-0.4, -0.2) is 71.1 Å². The van der Waals surface area contributed by atoms with Gasteiger partial charge in [0.2, 0.25) is 5.91 Å². The Bertz CT molecular complexity index is 786. The Balaban J connectivity index is 1.98. The molecule has 0 aromatic carbocycles. The number of hydrogen-bond donors (Lipinski definition) is 7. The summed E-state index contributed by atoms with van der Waals surface area (Å²) >= 11 is 1.19. The fourth-order valence-electron chi connectivity index (χ4n) is 3.23. The van der Waals surface area contributed by atoms with Gasteiger partial charge in [0.25, 0.3) is 5.91 Å². The molecule has 0 spiro atoms. The van der Waals surface area contributed by atoms with E-state index in [2.05, 4.69) is 20.9 Å². The number of hydrogen-bond acceptors (Lipinski definition) is 7. The molecule has 0 saturated carbocycles. The molecule has 2 rings (SSSR count). The molecule has 1 aliphatic heterocycles. The Kier molecular flexibility index (Phi) is 8.35. The zero-order valence-corrected chi connectivity index (χ0v) is 17.5. The number of rotatable bonds is 9. The van der Waals surface area contributed by atoms with Gasteiger partial charge in [-0.3, -0.25) is 19.9 Å². The van der Waals surface area contributed by atoms with Crippen molar-refractivity contribution in [3.8, 4) is 0 Å². The predicted molar refractivity (Wildman–Crippen MR) is 111 cm³/mol. The number of likely N-dealkylation sites (tertiary alicyclic amines) is 1. The van der Waals surface area contributed by atoms with E-state index in [0.717, 1.165) is 0 Å². The third-order valence-corrected chi connectivity index (χ3v) is 5.67. The van der Waals surface area contributed by atoms with Crippen LogP contribution in [0.15, 0.2) is 5.38 Å². The van der Waals surface area contributed by atoms with Gasteiger partial charge >= 0.3 is 6.09 Å². The lowest BCUT2D eigenvalue weighted by molar-refractivity contribution is -0.122. The summed E-state index contributed by atoms with van der Waals surface area (Å²) in [5, 5.41) is 26.4. The molecule has 12 nitrogen and oxygen atoms in total. The average molecular weight is 441 g/mol. The van der Waals surface area contributed by atoms with Crippen molar-refractivity contribution in [2.45, 2.75) is 43.8 Å². The Morgan fingerprint density at radius 1 is 1.43 bits per heavy atom. The highest BCUT2D eigenvalue weighted by atomic mass is 32.1. The second kappa shape index (κ2) is 10.7. The summed E-state index contributed by atoms with van der Waals surface area (Å²) in [6.07, 6.45) is 1.08. The second-order valence-electron chi connectivity index (χ2n) is 6.99. The minimum Gasteiger partial charge on any atom is -0.465 e. The SMILES string of the molecule is CNC(=O)C(CCCCNC(=N)N)NC(=O)c1csc([C@@H]2C[C@@H](N)CN2C(=O)O)n1. The summed E-state index contributed by atoms with van der Waals surface area (Å²) in [7, 11) is 1.49. The van der Waals surface area contributed by atoms with E-state index in [1.165, 1.54) is 23.3 Å². The van der Waals surface area contributed by atoms with Gasteiger partial charge in [-0.2, -0.15) is 0 Å². The number of carbonyl (C=O) groups excluding carboxylic acids is 2. The molecule has 1 aromatic heterocycles. The van der Waals surface area contributed by atoms with Crippen LogP contribution >= 0.6 is 11.3 Å². The molecule has 1 aliphatic rings. The standard InChI is InChI=1S/C17H28N8O4S/c1-21-13(26)10(4-2-3-5-22-16(19)20)23-14(27)11-8-30-15(24-11)12-6-9(18)7-25(12)17(28)29/h8-10,12H,2-7,18H2,1H3,(H,21,26)(H,23,27)(H,28,29)(H4,19,20,22)/t9-,10?,12+/m1/s1. The first-order chi connectivity index (χ1) is 14.2. The van der Waals surface area contributed by atoms with Crippen molar-refractivity contribution in [1.29, 1.82) is 5.41 Å². The molecule has 3 atom stereocenters. The number of carboxylic acid groups (broad SMARTS) is 1. The summed E-state index contributed by atoms with van der Waals surface area (Å²) < 4.78 is 0. The number of unbranched alkanes of at least 4 members (excludes halogenated alkanes) is 1. The van der Waals surface area contributed by atoms with Crippen LogP contribution in [0.1, 0.15) is 47.2 Å². The van der Waals surface area contributed by atoms with E-state index in [9.17, 15) is 19.5 Å². The summed E-state index contributed by atoms with van der Waals surface area (Å²) in [6.45, 7) is 0.723. The fraction of sp³-hybridized carbons (Fsp3) is 0.588. The average Bonchev–Trinajstić information content (AvgIpc) is 3.32. The number of likely N-dealkylation sites (N-methyl/N-ethyl adjacent to an activating group) is 1. The molecule has 0 radical (unpaired) electrons. The summed E-state index contributed by atoms with van der Waals surface area (Å²) in [5.74, 6) is -0.940. The molecular formula is C17H28N8O4S. The maximum Gasteiger partial charge on any atom is 0.407 e. The first-order valence-corrected chi connectivity index (χ1v) is 10.4. The van der Waals surface area contributed by atoms with E-state index >= 15 is 0 Å². The van der Waals surface area contributed by atoms with E-state index < -0.39 is 24.1 Å². The summed E-state index contributed by atoms with van der Waals surface area (Å²) in [4.78, 5) is 41.7. The number of nitrogens with zero attached hydrogens (tertiary/aromatic N) is 2. The first-order valence-electron chi connectivity index (χ1n) is 9.53.